The van der Waals surface area contributed by atoms with Crippen molar-refractivity contribution < 1.29 is 13.9 Å². The number of hydrogen-bond acceptors (Lipinski definition) is 3. The van der Waals surface area contributed by atoms with Crippen LogP contribution in [0.4, 0.5) is 10.1 Å². The van der Waals surface area contributed by atoms with Gasteiger partial charge in [0, 0.05) is 18.1 Å². The molecule has 0 spiro atoms. The molecule has 88 valence electrons. The van der Waals surface area contributed by atoms with Gasteiger partial charge in [-0.1, -0.05) is 15.9 Å². The lowest BCUT2D eigenvalue weighted by Crippen LogP contribution is -2.35. The van der Waals surface area contributed by atoms with Crippen LogP contribution < -0.4 is 9.64 Å². The second-order valence-corrected chi connectivity index (χ2v) is 4.48. The monoisotopic (exact) mass is 289 g/mol. The van der Waals surface area contributed by atoms with Crippen molar-refractivity contribution in [1.82, 2.24) is 0 Å². The molecule has 0 saturated carbocycles. The van der Waals surface area contributed by atoms with Crippen LogP contribution in [-0.4, -0.2) is 33.4 Å². The molecule has 0 saturated heterocycles. The van der Waals surface area contributed by atoms with E-state index in [-0.39, 0.29) is 5.82 Å². The highest BCUT2D eigenvalue weighted by molar-refractivity contribution is 9.10. The number of benzene rings is 1. The van der Waals surface area contributed by atoms with E-state index >= 15 is 0 Å². The zero-order valence-electron chi connectivity index (χ0n) is 9.00. The topological polar surface area (TPSA) is 21.7 Å². The molecular formula is C11H13BrFNO2. The summed E-state index contributed by atoms with van der Waals surface area (Å²) in [6.45, 7) is 2.62. The molecule has 1 aromatic carbocycles. The van der Waals surface area contributed by atoms with E-state index in [1.165, 1.54) is 6.07 Å². The Balaban J connectivity index is 2.30. The predicted molar refractivity (Wildman–Crippen MR) is 63.7 cm³/mol. The van der Waals surface area contributed by atoms with E-state index in [4.69, 9.17) is 9.47 Å². The summed E-state index contributed by atoms with van der Waals surface area (Å²) in [6.07, 6.45) is 0. The van der Waals surface area contributed by atoms with E-state index in [9.17, 15) is 4.39 Å². The third-order valence-corrected chi connectivity index (χ3v) is 2.96. The summed E-state index contributed by atoms with van der Waals surface area (Å²) >= 11 is 3.28. The SMILES string of the molecule is COCCN1CCOc2c(F)cc(Br)cc21. The maximum Gasteiger partial charge on any atom is 0.178 e. The van der Waals surface area contributed by atoms with Crippen molar-refractivity contribution in [2.75, 3.05) is 38.3 Å². The molecule has 1 aliphatic heterocycles. The van der Waals surface area contributed by atoms with Crippen molar-refractivity contribution in [2.24, 2.45) is 0 Å². The fourth-order valence-electron chi connectivity index (χ4n) is 1.74. The number of rotatable bonds is 3. The first kappa shape index (κ1) is 11.7. The smallest absolute Gasteiger partial charge is 0.178 e. The molecule has 1 aromatic rings. The molecule has 0 aliphatic carbocycles. The third-order valence-electron chi connectivity index (χ3n) is 2.50. The van der Waals surface area contributed by atoms with E-state index in [1.807, 2.05) is 6.07 Å². The molecule has 0 aromatic heterocycles. The standard InChI is InChI=1S/C11H13BrFNO2/c1-15-4-2-14-3-5-16-11-9(13)6-8(12)7-10(11)14/h6-7H,2-5H2,1H3. The predicted octanol–water partition coefficient (Wildman–Crippen LogP) is 2.43. The van der Waals surface area contributed by atoms with Crippen LogP contribution in [0, 0.1) is 5.82 Å². The molecule has 0 radical (unpaired) electrons. The van der Waals surface area contributed by atoms with Gasteiger partial charge in [0.05, 0.1) is 18.8 Å². The molecule has 0 bridgehead atoms. The van der Waals surface area contributed by atoms with Crippen LogP contribution in [-0.2, 0) is 4.74 Å². The van der Waals surface area contributed by atoms with Crippen molar-refractivity contribution in [3.8, 4) is 5.75 Å². The number of methoxy groups -OCH3 is 1. The van der Waals surface area contributed by atoms with Gasteiger partial charge in [0.2, 0.25) is 0 Å². The van der Waals surface area contributed by atoms with Gasteiger partial charge in [-0.15, -0.1) is 0 Å². The number of ether oxygens (including phenoxy) is 2. The Labute approximate surface area is 102 Å². The van der Waals surface area contributed by atoms with Crippen molar-refractivity contribution in [3.63, 3.8) is 0 Å². The van der Waals surface area contributed by atoms with Crippen LogP contribution in [0.25, 0.3) is 0 Å². The molecule has 3 nitrogen and oxygen atoms in total. The van der Waals surface area contributed by atoms with E-state index in [0.29, 0.717) is 19.0 Å². The largest absolute Gasteiger partial charge is 0.486 e. The van der Waals surface area contributed by atoms with Crippen molar-refractivity contribution in [2.45, 2.75) is 0 Å². The van der Waals surface area contributed by atoms with Gasteiger partial charge in [0.15, 0.2) is 11.6 Å². The highest BCUT2D eigenvalue weighted by atomic mass is 79.9. The molecule has 0 atom stereocenters. The second kappa shape index (κ2) is 5.01. The summed E-state index contributed by atoms with van der Waals surface area (Å²) in [5.41, 5.74) is 0.787. The van der Waals surface area contributed by atoms with E-state index in [0.717, 1.165) is 23.2 Å². The fraction of sp³-hybridized carbons (Fsp3) is 0.455. The minimum Gasteiger partial charge on any atom is -0.486 e. The lowest BCUT2D eigenvalue weighted by atomic mass is 10.2. The van der Waals surface area contributed by atoms with Crippen LogP contribution in [0.5, 0.6) is 5.75 Å². The molecule has 0 amide bonds. The molecule has 0 fully saturated rings. The first-order chi connectivity index (χ1) is 7.72. The average molecular weight is 290 g/mol. The minimum absolute atomic E-state index is 0.327. The Kier molecular flexibility index (Phi) is 3.66. The first-order valence-corrected chi connectivity index (χ1v) is 5.87. The molecule has 0 unspecified atom stereocenters. The molecule has 1 aliphatic rings. The van der Waals surface area contributed by atoms with E-state index in [1.54, 1.807) is 7.11 Å². The Bertz CT molecular complexity index is 386. The summed E-state index contributed by atoms with van der Waals surface area (Å²) in [5, 5.41) is 0. The molecule has 0 N–H and O–H groups in total. The van der Waals surface area contributed by atoms with Crippen LogP contribution >= 0.6 is 15.9 Å². The minimum atomic E-state index is -0.327. The number of anilines is 1. The van der Waals surface area contributed by atoms with Gasteiger partial charge < -0.3 is 14.4 Å². The Hall–Kier alpha value is -0.810. The quantitative estimate of drug-likeness (QED) is 0.853. The van der Waals surface area contributed by atoms with Gasteiger partial charge >= 0.3 is 0 Å². The van der Waals surface area contributed by atoms with Gasteiger partial charge in [-0.3, -0.25) is 0 Å². The van der Waals surface area contributed by atoms with Crippen molar-refractivity contribution >= 4 is 21.6 Å². The summed E-state index contributed by atoms with van der Waals surface area (Å²) in [4.78, 5) is 2.07. The number of fused-ring (bicyclic) bond motifs is 1. The highest BCUT2D eigenvalue weighted by Crippen LogP contribution is 2.36. The molecule has 5 heteroatoms. The fourth-order valence-corrected chi connectivity index (χ4v) is 2.15. The van der Waals surface area contributed by atoms with E-state index in [2.05, 4.69) is 20.8 Å². The van der Waals surface area contributed by atoms with Gasteiger partial charge in [-0.05, 0) is 12.1 Å². The van der Waals surface area contributed by atoms with Crippen LogP contribution in [0.2, 0.25) is 0 Å². The van der Waals surface area contributed by atoms with Crippen molar-refractivity contribution in [1.29, 1.82) is 0 Å². The Morgan fingerprint density at radius 3 is 3.12 bits per heavy atom. The first-order valence-electron chi connectivity index (χ1n) is 5.08. The zero-order valence-corrected chi connectivity index (χ0v) is 10.6. The molecule has 2 rings (SSSR count). The summed E-state index contributed by atoms with van der Waals surface area (Å²) < 4.78 is 24.7. The molecule has 16 heavy (non-hydrogen) atoms. The highest BCUT2D eigenvalue weighted by Gasteiger charge is 2.21. The molecular weight excluding hydrogens is 277 g/mol. The van der Waals surface area contributed by atoms with E-state index < -0.39 is 0 Å². The maximum absolute atomic E-state index is 13.6. The number of nitrogens with zero attached hydrogens (tertiary/aromatic N) is 1. The van der Waals surface area contributed by atoms with Gasteiger partial charge in [-0.2, -0.15) is 0 Å². The van der Waals surface area contributed by atoms with Crippen molar-refractivity contribution in [3.05, 3.63) is 22.4 Å². The van der Waals surface area contributed by atoms with Crippen LogP contribution in [0.3, 0.4) is 0 Å². The molecule has 1 heterocycles. The summed E-state index contributed by atoms with van der Waals surface area (Å²) in [5.74, 6) is 0.0112. The maximum atomic E-state index is 13.6. The normalized spacial score (nSPS) is 14.6. The van der Waals surface area contributed by atoms with Crippen LogP contribution in [0.1, 0.15) is 0 Å². The van der Waals surface area contributed by atoms with Gasteiger partial charge in [-0.25, -0.2) is 4.39 Å². The second-order valence-electron chi connectivity index (χ2n) is 3.56. The lowest BCUT2D eigenvalue weighted by Gasteiger charge is -2.31. The lowest BCUT2D eigenvalue weighted by molar-refractivity contribution is 0.200. The Morgan fingerprint density at radius 1 is 1.56 bits per heavy atom. The number of halogens is 2. The van der Waals surface area contributed by atoms with Gasteiger partial charge in [0.25, 0.3) is 0 Å². The summed E-state index contributed by atoms with van der Waals surface area (Å²) in [6, 6.07) is 3.28. The third kappa shape index (κ3) is 2.30. The van der Waals surface area contributed by atoms with Gasteiger partial charge in [0.1, 0.15) is 6.61 Å². The van der Waals surface area contributed by atoms with Crippen LogP contribution in [0.15, 0.2) is 16.6 Å². The zero-order chi connectivity index (χ0) is 11.5. The number of hydrogen-bond donors (Lipinski definition) is 0. The average Bonchev–Trinajstić information content (AvgIpc) is 2.26. The Morgan fingerprint density at radius 2 is 2.38 bits per heavy atom. The summed E-state index contributed by atoms with van der Waals surface area (Å²) in [7, 11) is 1.66.